The lowest BCUT2D eigenvalue weighted by Gasteiger charge is -2.07. The van der Waals surface area contributed by atoms with E-state index in [0.717, 1.165) is 18.2 Å². The molecule has 0 saturated carbocycles. The minimum Gasteiger partial charge on any atom is -0.545 e. The zero-order valence-electron chi connectivity index (χ0n) is 10.8. The molecule has 0 aliphatic heterocycles. The molecule has 112 valence electrons. The van der Waals surface area contributed by atoms with E-state index in [-0.39, 0.29) is 17.1 Å². The van der Waals surface area contributed by atoms with E-state index in [2.05, 4.69) is 0 Å². The van der Waals surface area contributed by atoms with E-state index < -0.39 is 27.2 Å². The van der Waals surface area contributed by atoms with Gasteiger partial charge in [-0.3, -0.25) is 20.2 Å². The normalized spacial score (nSPS) is 10.0. The summed E-state index contributed by atoms with van der Waals surface area (Å²) >= 11 is 0. The van der Waals surface area contributed by atoms with Crippen molar-refractivity contribution in [2.75, 3.05) is 0 Å². The summed E-state index contributed by atoms with van der Waals surface area (Å²) < 4.78 is 5.26. The number of carboxylic acids is 1. The Bertz CT molecular complexity index is 755. The van der Waals surface area contributed by atoms with E-state index in [0.29, 0.717) is 0 Å². The van der Waals surface area contributed by atoms with E-state index in [1.807, 2.05) is 0 Å². The second-order valence-corrected chi connectivity index (χ2v) is 4.08. The number of hydrogen-bond acceptors (Lipinski definition) is 7. The van der Waals surface area contributed by atoms with Gasteiger partial charge in [-0.2, -0.15) is 0 Å². The van der Waals surface area contributed by atoms with E-state index in [4.69, 9.17) is 4.74 Å². The van der Waals surface area contributed by atoms with Crippen molar-refractivity contribution in [2.24, 2.45) is 0 Å². The number of carboxylic acid groups (broad SMARTS) is 1. The number of nitro groups is 2. The number of carbonyl (C=O) groups is 1. The summed E-state index contributed by atoms with van der Waals surface area (Å²) in [6, 6.07) is 7.95. The SMILES string of the molecule is O=C([O-])c1ccc(Oc2ccc([N+](=O)[O-])cc2[N+](=O)[O-])cc1. The van der Waals surface area contributed by atoms with Gasteiger partial charge in [0.2, 0.25) is 5.75 Å². The van der Waals surface area contributed by atoms with Crippen molar-refractivity contribution in [3.8, 4) is 11.5 Å². The number of benzene rings is 2. The molecule has 0 aliphatic rings. The number of rotatable bonds is 5. The Kier molecular flexibility index (Phi) is 3.98. The summed E-state index contributed by atoms with van der Waals surface area (Å²) in [6.07, 6.45) is 0. The fourth-order valence-corrected chi connectivity index (χ4v) is 1.63. The van der Waals surface area contributed by atoms with Crippen LogP contribution in [-0.2, 0) is 0 Å². The Balaban J connectivity index is 2.34. The first-order valence-electron chi connectivity index (χ1n) is 5.80. The lowest BCUT2D eigenvalue weighted by atomic mass is 10.2. The molecular formula is C13H7N2O7-. The second-order valence-electron chi connectivity index (χ2n) is 4.08. The van der Waals surface area contributed by atoms with Crippen molar-refractivity contribution in [3.63, 3.8) is 0 Å². The predicted molar refractivity (Wildman–Crippen MR) is 70.6 cm³/mol. The molecule has 0 N–H and O–H groups in total. The van der Waals surface area contributed by atoms with Crippen molar-refractivity contribution in [1.29, 1.82) is 0 Å². The number of nitrogens with zero attached hydrogens (tertiary/aromatic N) is 2. The number of non-ortho nitro benzene ring substituents is 1. The van der Waals surface area contributed by atoms with E-state index in [1.54, 1.807) is 0 Å². The largest absolute Gasteiger partial charge is 0.545 e. The van der Waals surface area contributed by atoms with Crippen LogP contribution in [0.5, 0.6) is 11.5 Å². The highest BCUT2D eigenvalue weighted by Gasteiger charge is 2.21. The third-order valence-electron chi connectivity index (χ3n) is 2.67. The molecule has 0 fully saturated rings. The van der Waals surface area contributed by atoms with Gasteiger partial charge in [-0.1, -0.05) is 0 Å². The van der Waals surface area contributed by atoms with Crippen molar-refractivity contribution >= 4 is 17.3 Å². The summed E-state index contributed by atoms with van der Waals surface area (Å²) in [5.74, 6) is -1.42. The zero-order chi connectivity index (χ0) is 16.3. The molecule has 0 spiro atoms. The van der Waals surface area contributed by atoms with Crippen LogP contribution >= 0.6 is 0 Å². The first-order valence-corrected chi connectivity index (χ1v) is 5.80. The predicted octanol–water partition coefficient (Wildman–Crippen LogP) is 1.66. The van der Waals surface area contributed by atoms with Crippen LogP contribution < -0.4 is 9.84 Å². The molecule has 22 heavy (non-hydrogen) atoms. The Morgan fingerprint density at radius 3 is 2.09 bits per heavy atom. The van der Waals surface area contributed by atoms with Gasteiger partial charge in [0.1, 0.15) is 5.75 Å². The molecule has 9 nitrogen and oxygen atoms in total. The van der Waals surface area contributed by atoms with Crippen LogP contribution in [0.3, 0.4) is 0 Å². The number of carbonyl (C=O) groups excluding carboxylic acids is 1. The molecule has 0 aromatic heterocycles. The van der Waals surface area contributed by atoms with Crippen LogP contribution in [0.2, 0.25) is 0 Å². The van der Waals surface area contributed by atoms with Crippen LogP contribution in [0.15, 0.2) is 42.5 Å². The summed E-state index contributed by atoms with van der Waals surface area (Å²) in [5, 5.41) is 32.2. The molecule has 0 atom stereocenters. The lowest BCUT2D eigenvalue weighted by Crippen LogP contribution is -2.21. The summed E-state index contributed by atoms with van der Waals surface area (Å²) in [7, 11) is 0. The maximum absolute atomic E-state index is 10.9. The number of hydrogen-bond donors (Lipinski definition) is 0. The smallest absolute Gasteiger partial charge is 0.318 e. The van der Waals surface area contributed by atoms with E-state index in [9.17, 15) is 30.1 Å². The average Bonchev–Trinajstić information content (AvgIpc) is 2.47. The van der Waals surface area contributed by atoms with Gasteiger partial charge in [0.05, 0.1) is 21.9 Å². The highest BCUT2D eigenvalue weighted by Crippen LogP contribution is 2.34. The van der Waals surface area contributed by atoms with Crippen LogP contribution in [0.1, 0.15) is 10.4 Å². The highest BCUT2D eigenvalue weighted by molar-refractivity contribution is 5.85. The minimum atomic E-state index is -1.37. The van der Waals surface area contributed by atoms with Crippen LogP contribution in [0.25, 0.3) is 0 Å². The van der Waals surface area contributed by atoms with Gasteiger partial charge in [-0.25, -0.2) is 0 Å². The molecule has 2 rings (SSSR count). The maximum Gasteiger partial charge on any atom is 0.318 e. The van der Waals surface area contributed by atoms with Crippen molar-refractivity contribution in [2.45, 2.75) is 0 Å². The van der Waals surface area contributed by atoms with Crippen molar-refractivity contribution in [3.05, 3.63) is 68.3 Å². The standard InChI is InChI=1S/C13H8N2O7/c16-13(17)8-1-4-10(5-2-8)22-12-6-3-9(14(18)19)7-11(12)15(20)21/h1-7H,(H,16,17)/p-1. The number of ether oxygens (including phenoxy) is 1. The molecule has 2 aromatic rings. The molecule has 0 aliphatic carbocycles. The second kappa shape index (κ2) is 5.87. The molecule has 0 unspecified atom stereocenters. The summed E-state index contributed by atoms with van der Waals surface area (Å²) in [4.78, 5) is 30.6. The van der Waals surface area contributed by atoms with E-state index >= 15 is 0 Å². The van der Waals surface area contributed by atoms with E-state index in [1.165, 1.54) is 24.3 Å². The maximum atomic E-state index is 10.9. The average molecular weight is 303 g/mol. The first kappa shape index (κ1) is 14.9. The third kappa shape index (κ3) is 3.15. The molecule has 0 bridgehead atoms. The molecule has 9 heteroatoms. The van der Waals surface area contributed by atoms with Gasteiger partial charge in [0.15, 0.2) is 0 Å². The summed E-state index contributed by atoms with van der Waals surface area (Å²) in [5.41, 5.74) is -1.09. The van der Waals surface area contributed by atoms with Gasteiger partial charge >= 0.3 is 5.69 Å². The Hall–Kier alpha value is -3.49. The Labute approximate surface area is 122 Å². The quantitative estimate of drug-likeness (QED) is 0.605. The van der Waals surface area contributed by atoms with Gasteiger partial charge < -0.3 is 14.6 Å². The van der Waals surface area contributed by atoms with Gasteiger partial charge in [-0.05, 0) is 35.9 Å². The topological polar surface area (TPSA) is 136 Å². The van der Waals surface area contributed by atoms with Crippen LogP contribution in [0.4, 0.5) is 11.4 Å². The van der Waals surface area contributed by atoms with Gasteiger partial charge in [-0.15, -0.1) is 0 Å². The number of nitro benzene ring substituents is 2. The van der Waals surface area contributed by atoms with Gasteiger partial charge in [0, 0.05) is 6.07 Å². The Morgan fingerprint density at radius 2 is 1.59 bits per heavy atom. The molecule has 0 saturated heterocycles. The molecule has 0 heterocycles. The van der Waals surface area contributed by atoms with Gasteiger partial charge in [0.25, 0.3) is 5.69 Å². The van der Waals surface area contributed by atoms with Crippen LogP contribution in [-0.4, -0.2) is 15.8 Å². The molecule has 0 radical (unpaired) electrons. The minimum absolute atomic E-state index is 0.0782. The molecule has 0 amide bonds. The fraction of sp³-hybridized carbons (Fsp3) is 0. The molecular weight excluding hydrogens is 296 g/mol. The van der Waals surface area contributed by atoms with Crippen molar-refractivity contribution < 1.29 is 24.5 Å². The first-order chi connectivity index (χ1) is 10.4. The van der Waals surface area contributed by atoms with Crippen LogP contribution in [0, 0.1) is 20.2 Å². The molecule has 2 aromatic carbocycles. The highest BCUT2D eigenvalue weighted by atomic mass is 16.6. The fourth-order valence-electron chi connectivity index (χ4n) is 1.63. The lowest BCUT2D eigenvalue weighted by molar-refractivity contribution is -0.394. The number of aromatic carboxylic acids is 1. The summed E-state index contributed by atoms with van der Waals surface area (Å²) in [6.45, 7) is 0. The monoisotopic (exact) mass is 303 g/mol. The third-order valence-corrected chi connectivity index (χ3v) is 2.67. The Morgan fingerprint density at radius 1 is 0.955 bits per heavy atom. The zero-order valence-corrected chi connectivity index (χ0v) is 10.8. The van der Waals surface area contributed by atoms with Crippen molar-refractivity contribution in [1.82, 2.24) is 0 Å².